The van der Waals surface area contributed by atoms with Crippen LogP contribution in [-0.4, -0.2) is 4.98 Å². The van der Waals surface area contributed by atoms with E-state index in [4.69, 9.17) is 0 Å². The van der Waals surface area contributed by atoms with Gasteiger partial charge in [-0.3, -0.25) is 0 Å². The molecule has 2 aromatic rings. The molecule has 0 aliphatic carbocycles. The molecule has 0 radical (unpaired) electrons. The van der Waals surface area contributed by atoms with Crippen molar-refractivity contribution in [1.29, 1.82) is 0 Å². The maximum Gasteiger partial charge on any atom is 0.419 e. The minimum absolute atomic E-state index is 0.110. The van der Waals surface area contributed by atoms with E-state index in [-0.39, 0.29) is 5.69 Å². The lowest BCUT2D eigenvalue weighted by Crippen LogP contribution is -2.08. The van der Waals surface area contributed by atoms with Crippen LogP contribution < -0.4 is 5.32 Å². The fraction of sp³-hybridized carbons (Fsp3) is 0.0833. The number of rotatable bonds is 2. The number of aromatic nitrogens is 1. The minimum atomic E-state index is -4.73. The molecule has 2 nitrogen and oxygen atoms in total. The highest BCUT2D eigenvalue weighted by Gasteiger charge is 2.34. The summed E-state index contributed by atoms with van der Waals surface area (Å²) in [7, 11) is 0. The first-order valence-corrected chi connectivity index (χ1v) is 5.92. The van der Waals surface area contributed by atoms with E-state index in [9.17, 15) is 17.6 Å². The largest absolute Gasteiger partial charge is 0.419 e. The molecular weight excluding hydrogens is 328 g/mol. The molecule has 1 aromatic carbocycles. The van der Waals surface area contributed by atoms with Crippen LogP contribution in [0.25, 0.3) is 0 Å². The van der Waals surface area contributed by atoms with Gasteiger partial charge in [0, 0.05) is 5.69 Å². The number of nitrogens with one attached hydrogen (secondary N) is 1. The van der Waals surface area contributed by atoms with Crippen LogP contribution >= 0.6 is 15.9 Å². The summed E-state index contributed by atoms with van der Waals surface area (Å²) in [4.78, 5) is 4.01. The molecule has 0 bridgehead atoms. The molecule has 100 valence electrons. The lowest BCUT2D eigenvalue weighted by Gasteiger charge is -2.11. The zero-order valence-corrected chi connectivity index (χ0v) is 10.9. The highest BCUT2D eigenvalue weighted by atomic mass is 79.9. The van der Waals surface area contributed by atoms with Crippen LogP contribution in [0.3, 0.4) is 0 Å². The molecule has 19 heavy (non-hydrogen) atoms. The summed E-state index contributed by atoms with van der Waals surface area (Å²) in [5.74, 6) is -0.950. The second kappa shape index (κ2) is 5.16. The van der Waals surface area contributed by atoms with E-state index in [0.717, 1.165) is 6.07 Å². The summed E-state index contributed by atoms with van der Waals surface area (Å²) in [5.41, 5.74) is -1.20. The Kier molecular flexibility index (Phi) is 3.75. The molecule has 0 saturated heterocycles. The number of alkyl halides is 3. The minimum Gasteiger partial charge on any atom is -0.340 e. The predicted molar refractivity (Wildman–Crippen MR) is 66.6 cm³/mol. The van der Waals surface area contributed by atoms with E-state index in [1.807, 2.05) is 0 Å². The first kappa shape index (κ1) is 13.8. The van der Waals surface area contributed by atoms with Crippen molar-refractivity contribution < 1.29 is 17.6 Å². The zero-order valence-electron chi connectivity index (χ0n) is 9.30. The summed E-state index contributed by atoms with van der Waals surface area (Å²) in [6, 6.07) is 7.63. The van der Waals surface area contributed by atoms with Gasteiger partial charge in [0.1, 0.15) is 16.2 Å². The van der Waals surface area contributed by atoms with Gasteiger partial charge in [-0.1, -0.05) is 6.07 Å². The average Bonchev–Trinajstić information content (AvgIpc) is 2.30. The molecule has 0 aliphatic heterocycles. The van der Waals surface area contributed by atoms with Crippen molar-refractivity contribution in [3.63, 3.8) is 0 Å². The standard InChI is InChI=1S/C12H7BrF4N2/c13-10-2-1-3-11(19-10)18-7-4-5-9(14)8(6-7)12(15,16)17/h1-6H,(H,18,19). The van der Waals surface area contributed by atoms with E-state index in [1.54, 1.807) is 18.2 Å². The van der Waals surface area contributed by atoms with Crippen molar-refractivity contribution in [1.82, 2.24) is 4.98 Å². The average molecular weight is 335 g/mol. The first-order chi connectivity index (χ1) is 8.86. The number of anilines is 2. The summed E-state index contributed by atoms with van der Waals surface area (Å²) in [6.07, 6.45) is -4.73. The Balaban J connectivity index is 2.32. The maximum atomic E-state index is 13.1. The van der Waals surface area contributed by atoms with Gasteiger partial charge >= 0.3 is 6.18 Å². The van der Waals surface area contributed by atoms with Crippen molar-refractivity contribution in [2.45, 2.75) is 6.18 Å². The Morgan fingerprint density at radius 3 is 2.47 bits per heavy atom. The van der Waals surface area contributed by atoms with Crippen LogP contribution in [0.1, 0.15) is 5.56 Å². The number of hydrogen-bond donors (Lipinski definition) is 1. The molecule has 0 amide bonds. The molecule has 0 spiro atoms. The second-order valence-electron chi connectivity index (χ2n) is 3.66. The number of nitrogens with zero attached hydrogens (tertiary/aromatic N) is 1. The molecule has 2 rings (SSSR count). The van der Waals surface area contributed by atoms with E-state index in [2.05, 4.69) is 26.2 Å². The molecule has 0 aliphatic rings. The highest BCUT2D eigenvalue weighted by molar-refractivity contribution is 9.10. The molecule has 0 unspecified atom stereocenters. The van der Waals surface area contributed by atoms with Crippen LogP contribution in [0.15, 0.2) is 41.0 Å². The quantitative estimate of drug-likeness (QED) is 0.633. The lowest BCUT2D eigenvalue weighted by atomic mass is 10.2. The van der Waals surface area contributed by atoms with E-state index in [1.165, 1.54) is 6.07 Å². The van der Waals surface area contributed by atoms with Gasteiger partial charge in [0.25, 0.3) is 0 Å². The Hall–Kier alpha value is -1.63. The van der Waals surface area contributed by atoms with Gasteiger partial charge in [0.05, 0.1) is 5.56 Å². The van der Waals surface area contributed by atoms with Crippen molar-refractivity contribution in [3.05, 3.63) is 52.4 Å². The first-order valence-electron chi connectivity index (χ1n) is 5.12. The third-order valence-corrected chi connectivity index (χ3v) is 2.70. The molecule has 7 heteroatoms. The van der Waals surface area contributed by atoms with Crippen molar-refractivity contribution >= 4 is 27.4 Å². The van der Waals surface area contributed by atoms with Crippen molar-refractivity contribution in [2.75, 3.05) is 5.32 Å². The maximum absolute atomic E-state index is 13.1. The van der Waals surface area contributed by atoms with Crippen LogP contribution in [-0.2, 0) is 6.18 Å². The second-order valence-corrected chi connectivity index (χ2v) is 4.48. The Bertz CT molecular complexity index is 599. The molecule has 1 aromatic heterocycles. The predicted octanol–water partition coefficient (Wildman–Crippen LogP) is 4.75. The van der Waals surface area contributed by atoms with Gasteiger partial charge in [0.15, 0.2) is 0 Å². The van der Waals surface area contributed by atoms with Crippen molar-refractivity contribution in [2.24, 2.45) is 0 Å². The normalized spacial score (nSPS) is 11.4. The van der Waals surface area contributed by atoms with Gasteiger partial charge in [-0.15, -0.1) is 0 Å². The fourth-order valence-electron chi connectivity index (χ4n) is 1.45. The van der Waals surface area contributed by atoms with Gasteiger partial charge in [-0.25, -0.2) is 9.37 Å². The van der Waals surface area contributed by atoms with E-state index < -0.39 is 17.6 Å². The van der Waals surface area contributed by atoms with Crippen molar-refractivity contribution in [3.8, 4) is 0 Å². The zero-order chi connectivity index (χ0) is 14.0. The summed E-state index contributed by atoms with van der Waals surface area (Å²) < 4.78 is 51.3. The number of halogens is 5. The van der Waals surface area contributed by atoms with E-state index in [0.29, 0.717) is 16.5 Å². The molecule has 0 saturated carbocycles. The van der Waals surface area contributed by atoms with Gasteiger partial charge in [-0.05, 0) is 46.3 Å². The lowest BCUT2D eigenvalue weighted by molar-refractivity contribution is -0.139. The molecular formula is C12H7BrF4N2. The van der Waals surface area contributed by atoms with Gasteiger partial charge in [-0.2, -0.15) is 13.2 Å². The van der Waals surface area contributed by atoms with Gasteiger partial charge in [0.2, 0.25) is 0 Å². The monoisotopic (exact) mass is 334 g/mol. The fourth-order valence-corrected chi connectivity index (χ4v) is 1.79. The summed E-state index contributed by atoms with van der Waals surface area (Å²) in [5, 5.41) is 2.68. The SMILES string of the molecule is Fc1ccc(Nc2cccc(Br)n2)cc1C(F)(F)F. The molecule has 1 N–H and O–H groups in total. The Labute approximate surface area is 114 Å². The van der Waals surface area contributed by atoms with Crippen LogP contribution in [0.2, 0.25) is 0 Å². The third kappa shape index (κ3) is 3.44. The number of hydrogen-bond acceptors (Lipinski definition) is 2. The molecule has 1 heterocycles. The highest BCUT2D eigenvalue weighted by Crippen LogP contribution is 2.33. The number of benzene rings is 1. The number of pyridine rings is 1. The van der Waals surface area contributed by atoms with Gasteiger partial charge < -0.3 is 5.32 Å². The topological polar surface area (TPSA) is 24.9 Å². The van der Waals surface area contributed by atoms with E-state index >= 15 is 0 Å². The Morgan fingerprint density at radius 1 is 1.11 bits per heavy atom. The Morgan fingerprint density at radius 2 is 1.84 bits per heavy atom. The van der Waals surface area contributed by atoms with Crippen LogP contribution in [0, 0.1) is 5.82 Å². The van der Waals surface area contributed by atoms with Crippen LogP contribution in [0.5, 0.6) is 0 Å². The van der Waals surface area contributed by atoms with Crippen LogP contribution in [0.4, 0.5) is 29.1 Å². The summed E-state index contributed by atoms with van der Waals surface area (Å²) in [6.45, 7) is 0. The summed E-state index contributed by atoms with van der Waals surface area (Å²) >= 11 is 3.14. The smallest absolute Gasteiger partial charge is 0.340 e. The molecule has 0 fully saturated rings. The third-order valence-electron chi connectivity index (χ3n) is 2.26. The molecule has 0 atom stereocenters.